The molecule has 0 aliphatic heterocycles. The van der Waals surface area contributed by atoms with E-state index in [1.165, 1.54) is 0 Å². The molecule has 3 heteroatoms. The van der Waals surface area contributed by atoms with Crippen LogP contribution in [0.3, 0.4) is 0 Å². The van der Waals surface area contributed by atoms with Gasteiger partial charge in [0.1, 0.15) is 5.82 Å². The van der Waals surface area contributed by atoms with Crippen molar-refractivity contribution in [2.24, 2.45) is 5.73 Å². The van der Waals surface area contributed by atoms with Gasteiger partial charge in [-0.1, -0.05) is 0 Å². The number of rotatable bonds is 3. The lowest BCUT2D eigenvalue weighted by atomic mass is 10.3. The van der Waals surface area contributed by atoms with E-state index in [1.54, 1.807) is 6.20 Å². The summed E-state index contributed by atoms with van der Waals surface area (Å²) in [7, 11) is 0. The molecule has 0 fully saturated rings. The molecule has 0 amide bonds. The Hall–Kier alpha value is -0.830. The van der Waals surface area contributed by atoms with Gasteiger partial charge in [0.25, 0.3) is 0 Å². The Morgan fingerprint density at radius 2 is 2.56 bits per heavy atom. The molecule has 0 radical (unpaired) electrons. The van der Waals surface area contributed by atoms with E-state index in [0.717, 1.165) is 25.2 Å². The second kappa shape index (κ2) is 3.25. The Bertz CT molecular complexity index is 145. The highest BCUT2D eigenvalue weighted by atomic mass is 14.9. The highest BCUT2D eigenvalue weighted by Crippen LogP contribution is 1.91. The first-order chi connectivity index (χ1) is 4.43. The molecular weight excluding hydrogens is 114 g/mol. The summed E-state index contributed by atoms with van der Waals surface area (Å²) in [5.74, 6) is 1.03. The van der Waals surface area contributed by atoms with Crippen LogP contribution in [-0.2, 0) is 6.42 Å². The first kappa shape index (κ1) is 6.29. The molecule has 0 aromatic carbocycles. The van der Waals surface area contributed by atoms with E-state index >= 15 is 0 Å². The van der Waals surface area contributed by atoms with E-state index in [4.69, 9.17) is 5.73 Å². The fourth-order valence-electron chi connectivity index (χ4n) is 0.704. The van der Waals surface area contributed by atoms with Crippen LogP contribution in [0.4, 0.5) is 0 Å². The van der Waals surface area contributed by atoms with Crippen LogP contribution in [0.5, 0.6) is 0 Å². The van der Waals surface area contributed by atoms with Crippen LogP contribution in [0.25, 0.3) is 0 Å². The Morgan fingerprint density at radius 1 is 1.67 bits per heavy atom. The SMILES string of the molecule is NCCCc1ncc[nH]1. The van der Waals surface area contributed by atoms with Crippen LogP contribution >= 0.6 is 0 Å². The second-order valence-corrected chi connectivity index (χ2v) is 1.93. The van der Waals surface area contributed by atoms with Gasteiger partial charge in [-0.25, -0.2) is 4.98 Å². The molecule has 1 rings (SSSR count). The number of aryl methyl sites for hydroxylation is 1. The second-order valence-electron chi connectivity index (χ2n) is 1.93. The van der Waals surface area contributed by atoms with E-state index in [2.05, 4.69) is 9.97 Å². The van der Waals surface area contributed by atoms with Crippen molar-refractivity contribution in [2.75, 3.05) is 6.54 Å². The summed E-state index contributed by atoms with van der Waals surface area (Å²) >= 11 is 0. The summed E-state index contributed by atoms with van der Waals surface area (Å²) in [4.78, 5) is 7.05. The van der Waals surface area contributed by atoms with Crippen molar-refractivity contribution < 1.29 is 0 Å². The van der Waals surface area contributed by atoms with E-state index in [0.29, 0.717) is 0 Å². The number of nitrogens with one attached hydrogen (secondary N) is 1. The quantitative estimate of drug-likeness (QED) is 0.610. The number of H-pyrrole nitrogens is 1. The smallest absolute Gasteiger partial charge is 0.106 e. The maximum Gasteiger partial charge on any atom is 0.106 e. The van der Waals surface area contributed by atoms with Gasteiger partial charge in [0.2, 0.25) is 0 Å². The lowest BCUT2D eigenvalue weighted by Crippen LogP contribution is -2.00. The topological polar surface area (TPSA) is 54.7 Å². The fourth-order valence-corrected chi connectivity index (χ4v) is 0.704. The number of aromatic amines is 1. The zero-order chi connectivity index (χ0) is 6.53. The molecule has 0 spiro atoms. The minimum absolute atomic E-state index is 0.737. The first-order valence-corrected chi connectivity index (χ1v) is 3.12. The Morgan fingerprint density at radius 3 is 3.11 bits per heavy atom. The lowest BCUT2D eigenvalue weighted by Gasteiger charge is -1.90. The van der Waals surface area contributed by atoms with Gasteiger partial charge in [-0.2, -0.15) is 0 Å². The van der Waals surface area contributed by atoms with Gasteiger partial charge in [-0.3, -0.25) is 0 Å². The molecule has 0 bridgehead atoms. The van der Waals surface area contributed by atoms with Gasteiger partial charge >= 0.3 is 0 Å². The predicted octanol–water partition coefficient (Wildman–Crippen LogP) is 0.301. The lowest BCUT2D eigenvalue weighted by molar-refractivity contribution is 0.794. The summed E-state index contributed by atoms with van der Waals surface area (Å²) < 4.78 is 0. The van der Waals surface area contributed by atoms with Crippen molar-refractivity contribution in [3.63, 3.8) is 0 Å². The normalized spacial score (nSPS) is 9.89. The Labute approximate surface area is 54.3 Å². The minimum atomic E-state index is 0.737. The van der Waals surface area contributed by atoms with Gasteiger partial charge in [0, 0.05) is 18.8 Å². The molecule has 1 aromatic heterocycles. The average Bonchev–Trinajstić information content (AvgIpc) is 2.34. The third-order valence-corrected chi connectivity index (χ3v) is 1.17. The Balaban J connectivity index is 2.30. The number of aromatic nitrogens is 2. The van der Waals surface area contributed by atoms with Crippen LogP contribution in [0.15, 0.2) is 12.4 Å². The van der Waals surface area contributed by atoms with Crippen LogP contribution < -0.4 is 5.73 Å². The monoisotopic (exact) mass is 125 g/mol. The molecule has 0 saturated heterocycles. The van der Waals surface area contributed by atoms with Crippen molar-refractivity contribution in [2.45, 2.75) is 12.8 Å². The highest BCUT2D eigenvalue weighted by Gasteiger charge is 1.90. The van der Waals surface area contributed by atoms with Gasteiger partial charge in [0.15, 0.2) is 0 Å². The maximum atomic E-state index is 5.30. The molecule has 0 atom stereocenters. The molecule has 0 unspecified atom stereocenters. The summed E-state index contributed by atoms with van der Waals surface area (Å²) in [6.07, 6.45) is 5.55. The molecule has 50 valence electrons. The van der Waals surface area contributed by atoms with Crippen LogP contribution in [0.1, 0.15) is 12.2 Å². The third kappa shape index (κ3) is 1.85. The predicted molar refractivity (Wildman–Crippen MR) is 36.0 cm³/mol. The average molecular weight is 125 g/mol. The van der Waals surface area contributed by atoms with Crippen molar-refractivity contribution >= 4 is 0 Å². The molecule has 0 aliphatic carbocycles. The number of hydrogen-bond donors (Lipinski definition) is 2. The minimum Gasteiger partial charge on any atom is -0.349 e. The largest absolute Gasteiger partial charge is 0.349 e. The van der Waals surface area contributed by atoms with E-state index < -0.39 is 0 Å². The fraction of sp³-hybridized carbons (Fsp3) is 0.500. The number of nitrogens with two attached hydrogens (primary N) is 1. The summed E-state index contributed by atoms with van der Waals surface area (Å²) in [5.41, 5.74) is 5.30. The molecule has 1 aromatic rings. The van der Waals surface area contributed by atoms with E-state index in [9.17, 15) is 0 Å². The van der Waals surface area contributed by atoms with Gasteiger partial charge < -0.3 is 10.7 Å². The van der Waals surface area contributed by atoms with Gasteiger partial charge in [-0.15, -0.1) is 0 Å². The highest BCUT2D eigenvalue weighted by molar-refractivity contribution is 4.86. The maximum absolute atomic E-state index is 5.30. The molecule has 0 aliphatic rings. The number of imidazole rings is 1. The van der Waals surface area contributed by atoms with Gasteiger partial charge in [0.05, 0.1) is 0 Å². The molecule has 9 heavy (non-hydrogen) atoms. The molecule has 0 saturated carbocycles. The van der Waals surface area contributed by atoms with Crippen molar-refractivity contribution in [3.05, 3.63) is 18.2 Å². The Kier molecular flexibility index (Phi) is 2.27. The number of nitrogens with zero attached hydrogens (tertiary/aromatic N) is 1. The molecule has 3 N–H and O–H groups in total. The molecule has 1 heterocycles. The van der Waals surface area contributed by atoms with Crippen molar-refractivity contribution in [3.8, 4) is 0 Å². The van der Waals surface area contributed by atoms with Crippen LogP contribution in [-0.4, -0.2) is 16.5 Å². The van der Waals surface area contributed by atoms with Crippen LogP contribution in [0, 0.1) is 0 Å². The number of hydrogen-bond acceptors (Lipinski definition) is 2. The zero-order valence-corrected chi connectivity index (χ0v) is 5.30. The third-order valence-electron chi connectivity index (χ3n) is 1.17. The van der Waals surface area contributed by atoms with Crippen molar-refractivity contribution in [1.82, 2.24) is 9.97 Å². The van der Waals surface area contributed by atoms with Crippen LogP contribution in [0.2, 0.25) is 0 Å². The van der Waals surface area contributed by atoms with E-state index in [1.807, 2.05) is 6.20 Å². The van der Waals surface area contributed by atoms with Gasteiger partial charge in [-0.05, 0) is 13.0 Å². The zero-order valence-electron chi connectivity index (χ0n) is 5.30. The first-order valence-electron chi connectivity index (χ1n) is 3.12. The molecule has 3 nitrogen and oxygen atoms in total. The standard InChI is InChI=1S/C6H11N3/c7-3-1-2-6-8-4-5-9-6/h4-5H,1-3,7H2,(H,8,9). The van der Waals surface area contributed by atoms with E-state index in [-0.39, 0.29) is 0 Å². The van der Waals surface area contributed by atoms with Crippen molar-refractivity contribution in [1.29, 1.82) is 0 Å². The molecular formula is C6H11N3. The summed E-state index contributed by atoms with van der Waals surface area (Å²) in [6, 6.07) is 0. The summed E-state index contributed by atoms with van der Waals surface area (Å²) in [6.45, 7) is 0.737. The summed E-state index contributed by atoms with van der Waals surface area (Å²) in [5, 5.41) is 0.